The lowest BCUT2D eigenvalue weighted by Crippen LogP contribution is -2.35. The van der Waals surface area contributed by atoms with E-state index in [0.29, 0.717) is 0 Å². The van der Waals surface area contributed by atoms with Gasteiger partial charge < -0.3 is 5.73 Å². The van der Waals surface area contributed by atoms with Crippen LogP contribution in [-0.4, -0.2) is 21.7 Å². The molecule has 0 aromatic carbocycles. The molecule has 1 rings (SSSR count). The number of amides is 3. The molecule has 1 aromatic rings. The van der Waals surface area contributed by atoms with Crippen LogP contribution < -0.4 is 11.1 Å². The summed E-state index contributed by atoms with van der Waals surface area (Å²) in [5, 5.41) is 5.67. The number of hydrogen-bond donors (Lipinski definition) is 2. The lowest BCUT2D eigenvalue weighted by molar-refractivity contribution is 0.0957. The molecule has 12 heavy (non-hydrogen) atoms. The lowest BCUT2D eigenvalue weighted by Gasteiger charge is -1.99. The molecule has 0 radical (unpaired) electrons. The van der Waals surface area contributed by atoms with Gasteiger partial charge in [0.1, 0.15) is 5.69 Å². The van der Waals surface area contributed by atoms with Crippen LogP contribution in [0.4, 0.5) is 4.79 Å². The van der Waals surface area contributed by atoms with E-state index in [-0.39, 0.29) is 5.69 Å². The van der Waals surface area contributed by atoms with Gasteiger partial charge in [-0.1, -0.05) is 0 Å². The van der Waals surface area contributed by atoms with Gasteiger partial charge in [0.25, 0.3) is 5.91 Å². The monoisotopic (exact) mass is 168 g/mol. The zero-order valence-corrected chi connectivity index (χ0v) is 6.44. The van der Waals surface area contributed by atoms with Crippen molar-refractivity contribution in [3.8, 4) is 0 Å². The SMILES string of the molecule is Cn1nccc1C(=O)NC(N)=O. The fraction of sp³-hybridized carbons (Fsp3) is 0.167. The minimum atomic E-state index is -0.874. The molecule has 0 bridgehead atoms. The molecule has 0 unspecified atom stereocenters. The highest BCUT2D eigenvalue weighted by Gasteiger charge is 2.10. The molecular formula is C6H8N4O2. The standard InChI is InChI=1S/C6H8N4O2/c1-10-4(2-3-8-10)5(11)9-6(7)12/h2-3H,1H3,(H3,7,9,11,12). The van der Waals surface area contributed by atoms with Crippen LogP contribution in [0.5, 0.6) is 0 Å². The van der Waals surface area contributed by atoms with Crippen molar-refractivity contribution in [1.29, 1.82) is 0 Å². The zero-order chi connectivity index (χ0) is 9.14. The van der Waals surface area contributed by atoms with Gasteiger partial charge in [-0.25, -0.2) is 4.79 Å². The Hall–Kier alpha value is -1.85. The van der Waals surface area contributed by atoms with Crippen LogP contribution in [0.15, 0.2) is 12.3 Å². The van der Waals surface area contributed by atoms with Crippen molar-refractivity contribution < 1.29 is 9.59 Å². The fourth-order valence-corrected chi connectivity index (χ4v) is 0.773. The summed E-state index contributed by atoms with van der Waals surface area (Å²) in [7, 11) is 1.59. The van der Waals surface area contributed by atoms with Crippen molar-refractivity contribution >= 4 is 11.9 Å². The lowest BCUT2D eigenvalue weighted by atomic mass is 10.4. The Kier molecular flexibility index (Phi) is 2.09. The molecule has 0 atom stereocenters. The van der Waals surface area contributed by atoms with Crippen LogP contribution in [0.2, 0.25) is 0 Å². The summed E-state index contributed by atoms with van der Waals surface area (Å²) in [6, 6.07) is 0.611. The predicted octanol–water partition coefficient (Wildman–Crippen LogP) is -0.771. The second-order valence-electron chi connectivity index (χ2n) is 2.16. The van der Waals surface area contributed by atoms with Crippen LogP contribution in [-0.2, 0) is 7.05 Å². The Morgan fingerprint density at radius 3 is 2.75 bits per heavy atom. The van der Waals surface area contributed by atoms with Gasteiger partial charge >= 0.3 is 6.03 Å². The Morgan fingerprint density at radius 1 is 1.67 bits per heavy atom. The smallest absolute Gasteiger partial charge is 0.319 e. The molecule has 6 heteroatoms. The normalized spacial score (nSPS) is 9.42. The summed E-state index contributed by atoms with van der Waals surface area (Å²) in [5.41, 5.74) is 5.03. The number of rotatable bonds is 1. The fourth-order valence-electron chi connectivity index (χ4n) is 0.773. The van der Waals surface area contributed by atoms with E-state index < -0.39 is 11.9 Å². The van der Waals surface area contributed by atoms with Crippen molar-refractivity contribution in [1.82, 2.24) is 15.1 Å². The molecule has 0 fully saturated rings. The number of nitrogens with one attached hydrogen (secondary N) is 1. The van der Waals surface area contributed by atoms with Gasteiger partial charge in [0.15, 0.2) is 0 Å². The Labute approximate surface area is 68.3 Å². The molecule has 3 N–H and O–H groups in total. The van der Waals surface area contributed by atoms with Crippen molar-refractivity contribution in [3.05, 3.63) is 18.0 Å². The van der Waals surface area contributed by atoms with E-state index in [1.54, 1.807) is 7.05 Å². The summed E-state index contributed by atoms with van der Waals surface area (Å²) >= 11 is 0. The number of primary amides is 1. The molecule has 1 heterocycles. The molecule has 0 aliphatic rings. The number of urea groups is 1. The highest BCUT2D eigenvalue weighted by atomic mass is 16.2. The average molecular weight is 168 g/mol. The van der Waals surface area contributed by atoms with E-state index in [9.17, 15) is 9.59 Å². The second kappa shape index (κ2) is 3.04. The van der Waals surface area contributed by atoms with Gasteiger partial charge in [-0.15, -0.1) is 0 Å². The second-order valence-corrected chi connectivity index (χ2v) is 2.16. The van der Waals surface area contributed by atoms with Crippen LogP contribution in [0.3, 0.4) is 0 Å². The van der Waals surface area contributed by atoms with Crippen molar-refractivity contribution in [2.75, 3.05) is 0 Å². The van der Waals surface area contributed by atoms with Gasteiger partial charge in [-0.3, -0.25) is 14.8 Å². The quantitative estimate of drug-likeness (QED) is 0.576. The molecule has 0 spiro atoms. The first-order valence-corrected chi connectivity index (χ1v) is 3.20. The molecule has 1 aromatic heterocycles. The van der Waals surface area contributed by atoms with Gasteiger partial charge in [-0.2, -0.15) is 5.10 Å². The third-order valence-corrected chi connectivity index (χ3v) is 1.29. The number of carbonyl (C=O) groups is 2. The summed E-state index contributed by atoms with van der Waals surface area (Å²) in [5.74, 6) is -0.553. The molecule has 0 saturated heterocycles. The van der Waals surface area contributed by atoms with Crippen LogP contribution >= 0.6 is 0 Å². The number of imide groups is 1. The van der Waals surface area contributed by atoms with Gasteiger partial charge in [0, 0.05) is 13.2 Å². The maximum absolute atomic E-state index is 11.1. The van der Waals surface area contributed by atoms with Gasteiger partial charge in [-0.05, 0) is 6.07 Å². The van der Waals surface area contributed by atoms with Crippen LogP contribution in [0, 0.1) is 0 Å². The minimum Gasteiger partial charge on any atom is -0.351 e. The van der Waals surface area contributed by atoms with Gasteiger partial charge in [0.2, 0.25) is 0 Å². The molecule has 0 aliphatic heterocycles. The molecule has 3 amide bonds. The zero-order valence-electron chi connectivity index (χ0n) is 6.44. The molecule has 64 valence electrons. The minimum absolute atomic E-state index is 0.286. The molecular weight excluding hydrogens is 160 g/mol. The Bertz CT molecular complexity index is 317. The van der Waals surface area contributed by atoms with E-state index in [1.165, 1.54) is 16.9 Å². The first-order valence-electron chi connectivity index (χ1n) is 3.20. The highest BCUT2D eigenvalue weighted by molar-refractivity contribution is 6.02. The number of aryl methyl sites for hydroxylation is 1. The van der Waals surface area contributed by atoms with Crippen LogP contribution in [0.25, 0.3) is 0 Å². The number of aromatic nitrogens is 2. The largest absolute Gasteiger partial charge is 0.351 e. The Morgan fingerprint density at radius 2 is 2.33 bits per heavy atom. The van der Waals surface area contributed by atoms with E-state index in [1.807, 2.05) is 5.32 Å². The summed E-state index contributed by atoms with van der Waals surface area (Å²) in [6.45, 7) is 0. The van der Waals surface area contributed by atoms with Crippen molar-refractivity contribution in [2.45, 2.75) is 0 Å². The van der Waals surface area contributed by atoms with Gasteiger partial charge in [0.05, 0.1) is 0 Å². The van der Waals surface area contributed by atoms with Crippen molar-refractivity contribution in [2.24, 2.45) is 12.8 Å². The molecule has 0 aliphatic carbocycles. The summed E-state index contributed by atoms with van der Waals surface area (Å²) in [6.07, 6.45) is 1.45. The first-order chi connectivity index (χ1) is 5.61. The first kappa shape index (κ1) is 8.25. The van der Waals surface area contributed by atoms with Crippen LogP contribution in [0.1, 0.15) is 10.5 Å². The highest BCUT2D eigenvalue weighted by Crippen LogP contribution is 1.94. The van der Waals surface area contributed by atoms with E-state index >= 15 is 0 Å². The maximum atomic E-state index is 11.1. The molecule has 0 saturated carbocycles. The summed E-state index contributed by atoms with van der Waals surface area (Å²) in [4.78, 5) is 21.3. The topological polar surface area (TPSA) is 90.0 Å². The maximum Gasteiger partial charge on any atom is 0.319 e. The number of nitrogens with zero attached hydrogens (tertiary/aromatic N) is 2. The number of hydrogen-bond acceptors (Lipinski definition) is 3. The average Bonchev–Trinajstić information content (AvgIpc) is 2.33. The van der Waals surface area contributed by atoms with E-state index in [0.717, 1.165) is 0 Å². The Balaban J connectivity index is 2.78. The van der Waals surface area contributed by atoms with E-state index in [2.05, 4.69) is 5.10 Å². The third kappa shape index (κ3) is 1.60. The predicted molar refractivity (Wildman–Crippen MR) is 40.3 cm³/mol. The third-order valence-electron chi connectivity index (χ3n) is 1.29. The van der Waals surface area contributed by atoms with E-state index in [4.69, 9.17) is 5.73 Å². The number of carbonyl (C=O) groups excluding carboxylic acids is 2. The van der Waals surface area contributed by atoms with Crippen molar-refractivity contribution in [3.63, 3.8) is 0 Å². The number of nitrogens with two attached hydrogens (primary N) is 1. The summed E-state index contributed by atoms with van der Waals surface area (Å²) < 4.78 is 1.35. The molecule has 6 nitrogen and oxygen atoms in total.